The SMILES string of the molecule is Brc1ccc(Nc2ccc(-c3ccc(-c4cc5cccc6ccc7cccc4c7c65)cc3)cc2)cc1. The molecule has 0 heterocycles. The molecular formula is C34H22BrN. The Hall–Kier alpha value is -4.14. The highest BCUT2D eigenvalue weighted by Gasteiger charge is 2.13. The predicted octanol–water partition coefficient (Wildman–Crippen LogP) is 10.4. The van der Waals surface area contributed by atoms with Crippen molar-refractivity contribution in [3.8, 4) is 22.3 Å². The first kappa shape index (κ1) is 21.2. The molecule has 0 unspecified atom stereocenters. The molecule has 0 radical (unpaired) electrons. The lowest BCUT2D eigenvalue weighted by atomic mass is 9.88. The topological polar surface area (TPSA) is 12.0 Å². The van der Waals surface area contributed by atoms with E-state index in [2.05, 4.69) is 137 Å². The molecule has 7 rings (SSSR count). The van der Waals surface area contributed by atoms with E-state index in [9.17, 15) is 0 Å². The van der Waals surface area contributed by atoms with E-state index in [1.54, 1.807) is 0 Å². The van der Waals surface area contributed by atoms with Gasteiger partial charge in [0, 0.05) is 15.8 Å². The van der Waals surface area contributed by atoms with Gasteiger partial charge in [-0.05, 0) is 97.0 Å². The molecule has 1 N–H and O–H groups in total. The van der Waals surface area contributed by atoms with Crippen LogP contribution in [0.25, 0.3) is 54.6 Å². The molecule has 7 aromatic carbocycles. The van der Waals surface area contributed by atoms with E-state index in [4.69, 9.17) is 0 Å². The lowest BCUT2D eigenvalue weighted by molar-refractivity contribution is 1.53. The van der Waals surface area contributed by atoms with Crippen LogP contribution in [-0.2, 0) is 0 Å². The van der Waals surface area contributed by atoms with E-state index >= 15 is 0 Å². The molecule has 170 valence electrons. The first-order valence-corrected chi connectivity index (χ1v) is 12.9. The summed E-state index contributed by atoms with van der Waals surface area (Å²) in [5.74, 6) is 0. The Morgan fingerprint density at radius 1 is 0.444 bits per heavy atom. The quantitative estimate of drug-likeness (QED) is 0.226. The second-order valence-corrected chi connectivity index (χ2v) is 10.2. The van der Waals surface area contributed by atoms with Crippen molar-refractivity contribution in [1.82, 2.24) is 0 Å². The Balaban J connectivity index is 1.24. The Bertz CT molecular complexity index is 1830. The second-order valence-electron chi connectivity index (χ2n) is 9.26. The molecule has 0 atom stereocenters. The monoisotopic (exact) mass is 523 g/mol. The summed E-state index contributed by atoms with van der Waals surface area (Å²) in [6.07, 6.45) is 0. The van der Waals surface area contributed by atoms with E-state index < -0.39 is 0 Å². The van der Waals surface area contributed by atoms with E-state index in [-0.39, 0.29) is 0 Å². The molecule has 0 amide bonds. The normalized spacial score (nSPS) is 11.5. The highest BCUT2D eigenvalue weighted by Crippen LogP contribution is 2.40. The van der Waals surface area contributed by atoms with Crippen LogP contribution in [0.5, 0.6) is 0 Å². The average Bonchev–Trinajstić information content (AvgIpc) is 2.93. The van der Waals surface area contributed by atoms with Crippen molar-refractivity contribution in [2.75, 3.05) is 5.32 Å². The fourth-order valence-corrected chi connectivity index (χ4v) is 5.55. The van der Waals surface area contributed by atoms with Gasteiger partial charge in [-0.15, -0.1) is 0 Å². The lowest BCUT2D eigenvalue weighted by Crippen LogP contribution is -1.90. The number of anilines is 2. The standard InChI is InChI=1S/C34H22BrN/c35-28-15-19-30(20-16-28)36-29-17-13-23(14-18-29)22-7-9-24(10-8-22)32-21-27-5-1-3-25-11-12-26-4-2-6-31(32)34(26)33(25)27/h1-21,36H. The zero-order chi connectivity index (χ0) is 24.1. The van der Waals surface area contributed by atoms with Gasteiger partial charge in [0.15, 0.2) is 0 Å². The molecular weight excluding hydrogens is 502 g/mol. The number of rotatable bonds is 4. The molecule has 36 heavy (non-hydrogen) atoms. The third kappa shape index (κ3) is 3.62. The van der Waals surface area contributed by atoms with Crippen LogP contribution in [0.4, 0.5) is 11.4 Å². The fourth-order valence-electron chi connectivity index (χ4n) is 5.29. The molecule has 0 aliphatic heterocycles. The molecule has 0 saturated carbocycles. The minimum absolute atomic E-state index is 1.07. The van der Waals surface area contributed by atoms with Crippen LogP contribution in [-0.4, -0.2) is 0 Å². The van der Waals surface area contributed by atoms with Crippen molar-refractivity contribution >= 4 is 59.6 Å². The second kappa shape index (κ2) is 8.51. The van der Waals surface area contributed by atoms with Gasteiger partial charge >= 0.3 is 0 Å². The summed E-state index contributed by atoms with van der Waals surface area (Å²) in [5.41, 5.74) is 7.09. The lowest BCUT2D eigenvalue weighted by Gasteiger charge is -2.15. The van der Waals surface area contributed by atoms with Gasteiger partial charge < -0.3 is 5.32 Å². The van der Waals surface area contributed by atoms with Gasteiger partial charge in [-0.25, -0.2) is 0 Å². The van der Waals surface area contributed by atoms with Gasteiger partial charge in [-0.1, -0.05) is 101 Å². The largest absolute Gasteiger partial charge is 0.356 e. The van der Waals surface area contributed by atoms with E-state index in [0.29, 0.717) is 0 Å². The average molecular weight is 524 g/mol. The highest BCUT2D eigenvalue weighted by molar-refractivity contribution is 9.10. The third-order valence-electron chi connectivity index (χ3n) is 7.06. The van der Waals surface area contributed by atoms with Crippen molar-refractivity contribution in [2.24, 2.45) is 0 Å². The number of hydrogen-bond acceptors (Lipinski definition) is 1. The summed E-state index contributed by atoms with van der Waals surface area (Å²) in [7, 11) is 0. The molecule has 0 saturated heterocycles. The Kier molecular flexibility index (Phi) is 5.00. The van der Waals surface area contributed by atoms with Crippen LogP contribution in [0.3, 0.4) is 0 Å². The van der Waals surface area contributed by atoms with Crippen LogP contribution in [0.2, 0.25) is 0 Å². The van der Waals surface area contributed by atoms with Crippen molar-refractivity contribution in [1.29, 1.82) is 0 Å². The molecule has 0 aliphatic rings. The minimum atomic E-state index is 1.07. The first-order chi connectivity index (χ1) is 17.7. The molecule has 0 bridgehead atoms. The van der Waals surface area contributed by atoms with Gasteiger partial charge in [0.05, 0.1) is 0 Å². The summed E-state index contributed by atoms with van der Waals surface area (Å²) >= 11 is 3.49. The zero-order valence-corrected chi connectivity index (χ0v) is 21.1. The van der Waals surface area contributed by atoms with Gasteiger partial charge in [-0.3, -0.25) is 0 Å². The van der Waals surface area contributed by atoms with E-state index in [1.807, 2.05) is 12.1 Å². The molecule has 0 aliphatic carbocycles. The number of hydrogen-bond donors (Lipinski definition) is 1. The summed E-state index contributed by atoms with van der Waals surface area (Å²) in [5, 5.41) is 11.4. The number of benzene rings is 7. The minimum Gasteiger partial charge on any atom is -0.356 e. The first-order valence-electron chi connectivity index (χ1n) is 12.1. The van der Waals surface area contributed by atoms with Crippen molar-refractivity contribution in [3.05, 3.63) is 132 Å². The Morgan fingerprint density at radius 3 is 1.67 bits per heavy atom. The van der Waals surface area contributed by atoms with Gasteiger partial charge in [0.25, 0.3) is 0 Å². The molecule has 0 fully saturated rings. The molecule has 2 heteroatoms. The summed E-state index contributed by atoms with van der Waals surface area (Å²) < 4.78 is 1.08. The highest BCUT2D eigenvalue weighted by atomic mass is 79.9. The van der Waals surface area contributed by atoms with Crippen molar-refractivity contribution < 1.29 is 0 Å². The Labute approximate surface area is 218 Å². The molecule has 7 aromatic rings. The van der Waals surface area contributed by atoms with Crippen LogP contribution in [0.1, 0.15) is 0 Å². The molecule has 0 aromatic heterocycles. The van der Waals surface area contributed by atoms with Gasteiger partial charge in [-0.2, -0.15) is 0 Å². The van der Waals surface area contributed by atoms with Gasteiger partial charge in [0.1, 0.15) is 0 Å². The summed E-state index contributed by atoms with van der Waals surface area (Å²) in [4.78, 5) is 0. The van der Waals surface area contributed by atoms with Gasteiger partial charge in [0.2, 0.25) is 0 Å². The van der Waals surface area contributed by atoms with Crippen molar-refractivity contribution in [3.63, 3.8) is 0 Å². The maximum atomic E-state index is 3.49. The summed E-state index contributed by atoms with van der Waals surface area (Å²) in [6, 6.07) is 45.9. The molecule has 0 spiro atoms. The van der Waals surface area contributed by atoms with E-state index in [1.165, 1.54) is 54.6 Å². The van der Waals surface area contributed by atoms with Crippen molar-refractivity contribution in [2.45, 2.75) is 0 Å². The summed E-state index contributed by atoms with van der Waals surface area (Å²) in [6.45, 7) is 0. The number of nitrogens with one attached hydrogen (secondary N) is 1. The van der Waals surface area contributed by atoms with Crippen LogP contribution < -0.4 is 5.32 Å². The predicted molar refractivity (Wildman–Crippen MR) is 158 cm³/mol. The maximum Gasteiger partial charge on any atom is 0.0384 e. The Morgan fingerprint density at radius 2 is 0.972 bits per heavy atom. The molecule has 1 nitrogen and oxygen atoms in total. The fraction of sp³-hybridized carbons (Fsp3) is 0. The third-order valence-corrected chi connectivity index (χ3v) is 7.58. The zero-order valence-electron chi connectivity index (χ0n) is 19.5. The van der Waals surface area contributed by atoms with E-state index in [0.717, 1.165) is 15.8 Å². The number of halogens is 1. The van der Waals surface area contributed by atoms with Crippen LogP contribution in [0, 0.1) is 0 Å². The maximum absolute atomic E-state index is 3.49. The van der Waals surface area contributed by atoms with Crippen LogP contribution >= 0.6 is 15.9 Å². The van der Waals surface area contributed by atoms with Crippen LogP contribution in [0.15, 0.2) is 132 Å². The smallest absolute Gasteiger partial charge is 0.0384 e.